The van der Waals surface area contributed by atoms with Gasteiger partial charge in [0.05, 0.1) is 0 Å². The van der Waals surface area contributed by atoms with Crippen LogP contribution in [0.15, 0.2) is 45.4 Å². The maximum Gasteiger partial charge on any atom is 0.328 e. The van der Waals surface area contributed by atoms with Crippen LogP contribution in [0.4, 0.5) is 0 Å². The third kappa shape index (κ3) is 4.19. The smallest absolute Gasteiger partial charge is 0.328 e. The highest BCUT2D eigenvalue weighted by Gasteiger charge is 2.06. The molecule has 2 aromatic heterocycles. The predicted octanol–water partition coefficient (Wildman–Crippen LogP) is 4.30. The number of carbonyl (C=O) groups is 1. The first-order chi connectivity index (χ1) is 9.16. The second kappa shape index (κ2) is 6.88. The minimum absolute atomic E-state index is 0.770. The molecule has 0 aliphatic carbocycles. The Morgan fingerprint density at radius 3 is 3.11 bits per heavy atom. The highest BCUT2D eigenvalue weighted by molar-refractivity contribution is 9.10. The summed E-state index contributed by atoms with van der Waals surface area (Å²) < 4.78 is 0.971. The van der Waals surface area contributed by atoms with Crippen molar-refractivity contribution in [2.75, 3.05) is 0 Å². The first kappa shape index (κ1) is 14.3. The van der Waals surface area contributed by atoms with Gasteiger partial charge >= 0.3 is 5.97 Å². The molecule has 0 saturated heterocycles. The Balaban J connectivity index is 2.06. The second-order valence-corrected chi connectivity index (χ2v) is 6.37. The maximum absolute atomic E-state index is 10.5. The SMILES string of the molecule is O=C(O)C=Cc1ccsc1CSc1ncccc1Br. The molecule has 0 unspecified atom stereocenters. The number of carboxylic acids is 1. The Kier molecular flexibility index (Phi) is 5.18. The summed E-state index contributed by atoms with van der Waals surface area (Å²) in [5.74, 6) is -0.163. The molecule has 1 N–H and O–H groups in total. The Bertz CT molecular complexity index is 610. The van der Waals surface area contributed by atoms with Crippen LogP contribution in [0.1, 0.15) is 10.4 Å². The molecule has 3 nitrogen and oxygen atoms in total. The summed E-state index contributed by atoms with van der Waals surface area (Å²) in [4.78, 5) is 16.0. The Morgan fingerprint density at radius 2 is 2.37 bits per heavy atom. The van der Waals surface area contributed by atoms with Crippen molar-refractivity contribution in [1.82, 2.24) is 4.98 Å². The van der Waals surface area contributed by atoms with E-state index in [0.717, 1.165) is 31.8 Å². The molecule has 6 heteroatoms. The van der Waals surface area contributed by atoms with Crippen LogP contribution in [0.3, 0.4) is 0 Å². The molecule has 2 aromatic rings. The van der Waals surface area contributed by atoms with Crippen LogP contribution in [0.25, 0.3) is 6.08 Å². The van der Waals surface area contributed by atoms with Gasteiger partial charge in [0, 0.05) is 27.4 Å². The summed E-state index contributed by atoms with van der Waals surface area (Å²) >= 11 is 6.70. The fraction of sp³-hybridized carbons (Fsp3) is 0.0769. The summed E-state index contributed by atoms with van der Waals surface area (Å²) in [7, 11) is 0. The number of pyridine rings is 1. The summed E-state index contributed by atoms with van der Waals surface area (Å²) in [5.41, 5.74) is 0.951. The zero-order chi connectivity index (χ0) is 13.7. The van der Waals surface area contributed by atoms with Crippen molar-refractivity contribution >= 4 is 51.1 Å². The van der Waals surface area contributed by atoms with Gasteiger partial charge in [0.1, 0.15) is 5.03 Å². The van der Waals surface area contributed by atoms with Gasteiger partial charge in [-0.25, -0.2) is 9.78 Å². The second-order valence-electron chi connectivity index (χ2n) is 3.55. The number of carboxylic acid groups (broad SMARTS) is 1. The molecule has 98 valence electrons. The number of thioether (sulfide) groups is 1. The lowest BCUT2D eigenvalue weighted by molar-refractivity contribution is -0.131. The van der Waals surface area contributed by atoms with Gasteiger partial charge < -0.3 is 5.11 Å². The van der Waals surface area contributed by atoms with Crippen molar-refractivity contribution in [1.29, 1.82) is 0 Å². The molecule has 0 aromatic carbocycles. The molecule has 0 amide bonds. The predicted molar refractivity (Wildman–Crippen MR) is 82.5 cm³/mol. The number of hydrogen-bond acceptors (Lipinski definition) is 4. The van der Waals surface area contributed by atoms with E-state index in [1.165, 1.54) is 0 Å². The normalized spacial score (nSPS) is 11.0. The fourth-order valence-corrected chi connectivity index (χ4v) is 3.86. The average molecular weight is 356 g/mol. The van der Waals surface area contributed by atoms with Gasteiger partial charge in [0.25, 0.3) is 0 Å². The fourth-order valence-electron chi connectivity index (χ4n) is 1.39. The van der Waals surface area contributed by atoms with E-state index in [4.69, 9.17) is 5.11 Å². The van der Waals surface area contributed by atoms with E-state index in [-0.39, 0.29) is 0 Å². The van der Waals surface area contributed by atoms with Gasteiger partial charge in [-0.15, -0.1) is 11.3 Å². The molecule has 0 radical (unpaired) electrons. The van der Waals surface area contributed by atoms with E-state index in [9.17, 15) is 4.79 Å². The molecule has 0 spiro atoms. The van der Waals surface area contributed by atoms with Crippen LogP contribution in [0.2, 0.25) is 0 Å². The molecule has 2 heterocycles. The molecule has 0 saturated carbocycles. The molecular formula is C13H10BrNO2S2. The average Bonchev–Trinajstić information content (AvgIpc) is 2.83. The molecule has 19 heavy (non-hydrogen) atoms. The Hall–Kier alpha value is -1.11. The van der Waals surface area contributed by atoms with Gasteiger partial charge in [0.2, 0.25) is 0 Å². The van der Waals surface area contributed by atoms with Crippen molar-refractivity contribution in [2.24, 2.45) is 0 Å². The van der Waals surface area contributed by atoms with Crippen molar-refractivity contribution < 1.29 is 9.90 Å². The van der Waals surface area contributed by atoms with Gasteiger partial charge in [-0.1, -0.05) is 11.8 Å². The van der Waals surface area contributed by atoms with Crippen LogP contribution in [-0.4, -0.2) is 16.1 Å². The molecule has 2 rings (SSSR count). The van der Waals surface area contributed by atoms with Crippen LogP contribution >= 0.6 is 39.0 Å². The quantitative estimate of drug-likeness (QED) is 0.641. The largest absolute Gasteiger partial charge is 0.478 e. The third-order valence-electron chi connectivity index (χ3n) is 2.25. The van der Waals surface area contributed by atoms with Crippen molar-refractivity contribution in [2.45, 2.75) is 10.8 Å². The number of aliphatic carboxylic acids is 1. The van der Waals surface area contributed by atoms with Crippen molar-refractivity contribution in [3.63, 3.8) is 0 Å². The molecule has 0 bridgehead atoms. The highest BCUT2D eigenvalue weighted by atomic mass is 79.9. The van der Waals surface area contributed by atoms with E-state index in [1.807, 2.05) is 23.6 Å². The highest BCUT2D eigenvalue weighted by Crippen LogP contribution is 2.31. The Labute approximate surface area is 127 Å². The lowest BCUT2D eigenvalue weighted by atomic mass is 10.2. The lowest BCUT2D eigenvalue weighted by Gasteiger charge is -2.02. The zero-order valence-corrected chi connectivity index (χ0v) is 13.0. The lowest BCUT2D eigenvalue weighted by Crippen LogP contribution is -1.87. The number of thiophene rings is 1. The van der Waals surface area contributed by atoms with E-state index < -0.39 is 5.97 Å². The molecule has 0 fully saturated rings. The third-order valence-corrected chi connectivity index (χ3v) is 5.30. The number of halogens is 1. The molecule has 0 aliphatic rings. The number of rotatable bonds is 5. The van der Waals surface area contributed by atoms with Gasteiger partial charge in [0.15, 0.2) is 0 Å². The van der Waals surface area contributed by atoms with Crippen LogP contribution in [0, 0.1) is 0 Å². The van der Waals surface area contributed by atoms with E-state index >= 15 is 0 Å². The molecular weight excluding hydrogens is 346 g/mol. The first-order valence-electron chi connectivity index (χ1n) is 5.37. The first-order valence-corrected chi connectivity index (χ1v) is 8.03. The summed E-state index contributed by atoms with van der Waals surface area (Å²) in [6.07, 6.45) is 4.54. The number of aromatic nitrogens is 1. The van der Waals surface area contributed by atoms with Crippen molar-refractivity contribution in [3.8, 4) is 0 Å². The van der Waals surface area contributed by atoms with Gasteiger partial charge in [-0.3, -0.25) is 0 Å². The van der Waals surface area contributed by atoms with Crippen LogP contribution < -0.4 is 0 Å². The Morgan fingerprint density at radius 1 is 1.53 bits per heavy atom. The van der Waals surface area contributed by atoms with Crippen molar-refractivity contribution in [3.05, 3.63) is 50.8 Å². The topological polar surface area (TPSA) is 50.2 Å². The van der Waals surface area contributed by atoms with E-state index in [2.05, 4.69) is 20.9 Å². The van der Waals surface area contributed by atoms with Gasteiger partial charge in [-0.2, -0.15) is 0 Å². The van der Waals surface area contributed by atoms with E-state index in [1.54, 1.807) is 35.4 Å². The molecule has 0 atom stereocenters. The molecule has 0 aliphatic heterocycles. The zero-order valence-electron chi connectivity index (χ0n) is 9.75. The monoisotopic (exact) mass is 355 g/mol. The minimum atomic E-state index is -0.933. The summed E-state index contributed by atoms with van der Waals surface area (Å²) in [6, 6.07) is 5.75. The number of hydrogen-bond donors (Lipinski definition) is 1. The standard InChI is InChI=1S/C13H10BrNO2S2/c14-10-2-1-6-15-13(10)19-8-11-9(5-7-18-11)3-4-12(16)17/h1-7H,8H2,(H,16,17). The van der Waals surface area contributed by atoms with Crippen LogP contribution in [-0.2, 0) is 10.5 Å². The minimum Gasteiger partial charge on any atom is -0.478 e. The van der Waals surface area contributed by atoms with Gasteiger partial charge in [-0.05, 0) is 51.1 Å². The summed E-state index contributed by atoms with van der Waals surface area (Å²) in [6.45, 7) is 0. The van der Waals surface area contributed by atoms with E-state index in [0.29, 0.717) is 0 Å². The van der Waals surface area contributed by atoms with Crippen LogP contribution in [0.5, 0.6) is 0 Å². The summed E-state index contributed by atoms with van der Waals surface area (Å²) in [5, 5.41) is 11.5. The maximum atomic E-state index is 10.5. The number of nitrogens with zero attached hydrogens (tertiary/aromatic N) is 1.